The van der Waals surface area contributed by atoms with E-state index in [0.29, 0.717) is 17.7 Å². The van der Waals surface area contributed by atoms with E-state index in [1.54, 1.807) is 0 Å². The molecule has 2 aliphatic heterocycles. The number of hydrogen-bond donors (Lipinski definition) is 0. The average Bonchev–Trinajstić information content (AvgIpc) is 3.56. The molecular weight excluding hydrogens is 568 g/mol. The lowest BCUT2D eigenvalue weighted by molar-refractivity contribution is -0.135. The zero-order valence-corrected chi connectivity index (χ0v) is 22.3. The highest BCUT2D eigenvalue weighted by Crippen LogP contribution is 2.50. The number of aromatic nitrogens is 1. The summed E-state index contributed by atoms with van der Waals surface area (Å²) in [6.07, 6.45) is 8.25. The fourth-order valence-corrected chi connectivity index (χ4v) is 7.97. The fraction of sp³-hybridized carbons (Fsp3) is 0.538. The summed E-state index contributed by atoms with van der Waals surface area (Å²) in [5, 5.41) is 0.771. The highest BCUT2D eigenvalue weighted by atomic mass is 79.9. The molecule has 33 heavy (non-hydrogen) atoms. The van der Waals surface area contributed by atoms with Gasteiger partial charge in [-0.1, -0.05) is 27.5 Å². The number of carbonyl (C=O) groups is 1. The standard InChI is InChI=1S/C26H27Br2ClN2O2/c27-17-10-16-4-3-15-11-18(29)12-20(28)21(15)22(24(16)30-13-17)14-5-7-31(8-6-14)26(32)23-19-2-1-9-33-25(19)23/h10-14,19,22-23,25H,1-9H2/t19-,22-,23-,25-/m1/s1. The summed E-state index contributed by atoms with van der Waals surface area (Å²) in [7, 11) is 0. The quantitative estimate of drug-likeness (QED) is 0.419. The van der Waals surface area contributed by atoms with E-state index < -0.39 is 0 Å². The van der Waals surface area contributed by atoms with E-state index in [0.717, 1.165) is 72.2 Å². The number of amides is 1. The molecule has 2 saturated heterocycles. The third-order valence-electron chi connectivity index (χ3n) is 8.11. The van der Waals surface area contributed by atoms with Crippen LogP contribution in [-0.2, 0) is 22.4 Å². The number of likely N-dealkylation sites (tertiary alicyclic amines) is 1. The van der Waals surface area contributed by atoms with Crippen molar-refractivity contribution in [2.24, 2.45) is 17.8 Å². The predicted octanol–water partition coefficient (Wildman–Crippen LogP) is 6.15. The lowest BCUT2D eigenvalue weighted by atomic mass is 9.76. The van der Waals surface area contributed by atoms with Crippen molar-refractivity contribution in [1.29, 1.82) is 0 Å². The molecule has 1 aromatic heterocycles. The molecule has 2 aromatic rings. The second-order valence-electron chi connectivity index (χ2n) is 9.97. The molecule has 4 atom stereocenters. The van der Waals surface area contributed by atoms with Crippen LogP contribution in [0.4, 0.5) is 0 Å². The van der Waals surface area contributed by atoms with Crippen LogP contribution < -0.4 is 0 Å². The maximum Gasteiger partial charge on any atom is 0.228 e. The van der Waals surface area contributed by atoms with Gasteiger partial charge in [-0.05, 0) is 95.3 Å². The first kappa shape index (κ1) is 22.5. The van der Waals surface area contributed by atoms with Gasteiger partial charge in [0.15, 0.2) is 0 Å². The average molecular weight is 595 g/mol. The van der Waals surface area contributed by atoms with Crippen molar-refractivity contribution >= 4 is 49.4 Å². The second kappa shape index (κ2) is 8.92. The van der Waals surface area contributed by atoms with Gasteiger partial charge in [0.25, 0.3) is 0 Å². The van der Waals surface area contributed by atoms with Crippen molar-refractivity contribution in [2.45, 2.75) is 50.5 Å². The number of ether oxygens (including phenoxy) is 1. The van der Waals surface area contributed by atoms with Crippen molar-refractivity contribution in [3.05, 3.63) is 60.7 Å². The minimum absolute atomic E-state index is 0.110. The zero-order valence-electron chi connectivity index (χ0n) is 18.4. The monoisotopic (exact) mass is 592 g/mol. The highest BCUT2D eigenvalue weighted by Gasteiger charge is 2.58. The first-order valence-electron chi connectivity index (χ1n) is 12.0. The lowest BCUT2D eigenvalue weighted by Crippen LogP contribution is -2.41. The summed E-state index contributed by atoms with van der Waals surface area (Å²) in [4.78, 5) is 20.2. The maximum atomic E-state index is 13.2. The Kier molecular flexibility index (Phi) is 6.09. The fourth-order valence-electron chi connectivity index (χ4n) is 6.47. The van der Waals surface area contributed by atoms with Gasteiger partial charge in [-0.2, -0.15) is 0 Å². The number of pyridine rings is 1. The van der Waals surface area contributed by atoms with E-state index in [1.807, 2.05) is 12.3 Å². The molecule has 0 N–H and O–H groups in total. The van der Waals surface area contributed by atoms with E-state index in [9.17, 15) is 4.79 Å². The Bertz CT molecular complexity index is 1090. The summed E-state index contributed by atoms with van der Waals surface area (Å²) >= 11 is 13.9. The minimum atomic E-state index is 0.110. The van der Waals surface area contributed by atoms with Gasteiger partial charge in [0.1, 0.15) is 0 Å². The van der Waals surface area contributed by atoms with Crippen molar-refractivity contribution < 1.29 is 9.53 Å². The Morgan fingerprint density at radius 1 is 1.09 bits per heavy atom. The molecule has 3 heterocycles. The molecule has 0 bridgehead atoms. The van der Waals surface area contributed by atoms with Crippen LogP contribution in [0.5, 0.6) is 0 Å². The Balaban J connectivity index is 1.27. The largest absolute Gasteiger partial charge is 0.377 e. The minimum Gasteiger partial charge on any atom is -0.377 e. The molecule has 174 valence electrons. The van der Waals surface area contributed by atoms with Gasteiger partial charge in [-0.25, -0.2) is 0 Å². The molecule has 4 nitrogen and oxygen atoms in total. The number of carbonyl (C=O) groups excluding carboxylic acids is 1. The molecule has 1 amide bonds. The smallest absolute Gasteiger partial charge is 0.228 e. The van der Waals surface area contributed by atoms with Crippen LogP contribution in [0.3, 0.4) is 0 Å². The molecule has 1 saturated carbocycles. The third-order valence-corrected chi connectivity index (χ3v) is 9.42. The summed E-state index contributed by atoms with van der Waals surface area (Å²) in [5.74, 6) is 1.54. The Hall–Kier alpha value is -0.950. The van der Waals surface area contributed by atoms with Crippen LogP contribution in [0.15, 0.2) is 33.3 Å². The number of nitrogens with zero attached hydrogens (tertiary/aromatic N) is 2. The van der Waals surface area contributed by atoms with Crippen LogP contribution in [0.25, 0.3) is 0 Å². The number of aryl methyl sites for hydroxylation is 2. The number of rotatable bonds is 2. The van der Waals surface area contributed by atoms with Crippen molar-refractivity contribution in [2.75, 3.05) is 19.7 Å². The van der Waals surface area contributed by atoms with Gasteiger partial charge in [-0.3, -0.25) is 9.78 Å². The normalized spacial score (nSPS) is 29.0. The van der Waals surface area contributed by atoms with Crippen LogP contribution >= 0.6 is 43.5 Å². The third kappa shape index (κ3) is 4.09. The molecule has 0 spiro atoms. The number of hydrogen-bond acceptors (Lipinski definition) is 3. The maximum absolute atomic E-state index is 13.2. The first-order valence-corrected chi connectivity index (χ1v) is 14.0. The van der Waals surface area contributed by atoms with Gasteiger partial charge >= 0.3 is 0 Å². The highest BCUT2D eigenvalue weighted by molar-refractivity contribution is 9.10. The predicted molar refractivity (Wildman–Crippen MR) is 136 cm³/mol. The van der Waals surface area contributed by atoms with Gasteiger partial charge in [0, 0.05) is 51.7 Å². The molecule has 0 radical (unpaired) electrons. The molecule has 7 heteroatoms. The van der Waals surface area contributed by atoms with Crippen LogP contribution in [0.2, 0.25) is 5.02 Å². The Morgan fingerprint density at radius 3 is 2.64 bits per heavy atom. The van der Waals surface area contributed by atoms with Gasteiger partial charge in [0.05, 0.1) is 17.7 Å². The van der Waals surface area contributed by atoms with Gasteiger partial charge < -0.3 is 9.64 Å². The molecule has 6 rings (SSSR count). The second-order valence-corrected chi connectivity index (χ2v) is 12.2. The van der Waals surface area contributed by atoms with Gasteiger partial charge in [-0.15, -0.1) is 0 Å². The van der Waals surface area contributed by atoms with Crippen molar-refractivity contribution in [1.82, 2.24) is 9.88 Å². The summed E-state index contributed by atoms with van der Waals surface area (Å²) in [6, 6.07) is 6.37. The van der Waals surface area contributed by atoms with E-state index in [2.05, 4.69) is 48.9 Å². The number of halogens is 3. The Labute approximate surface area is 216 Å². The van der Waals surface area contributed by atoms with E-state index in [-0.39, 0.29) is 17.9 Å². The van der Waals surface area contributed by atoms with E-state index in [4.69, 9.17) is 21.3 Å². The lowest BCUT2D eigenvalue weighted by Gasteiger charge is -2.37. The SMILES string of the molecule is O=C([C@@H]1[C@H]2CCCO[C@H]21)N1CCC([C@H]2c3ncc(Br)cc3CCc3cc(Cl)cc(Br)c32)CC1. The van der Waals surface area contributed by atoms with Crippen LogP contribution in [0.1, 0.15) is 54.0 Å². The molecule has 0 unspecified atom stereocenters. The molecule has 2 aliphatic carbocycles. The van der Waals surface area contributed by atoms with Crippen molar-refractivity contribution in [3.63, 3.8) is 0 Å². The van der Waals surface area contributed by atoms with Crippen LogP contribution in [-0.4, -0.2) is 41.6 Å². The number of benzene rings is 1. The number of fused-ring (bicyclic) bond motifs is 3. The first-order chi connectivity index (χ1) is 16.0. The molecule has 1 aromatic carbocycles. The summed E-state index contributed by atoms with van der Waals surface area (Å²) in [6.45, 7) is 2.46. The van der Waals surface area contributed by atoms with Gasteiger partial charge in [0.2, 0.25) is 5.91 Å². The zero-order chi connectivity index (χ0) is 22.7. The topological polar surface area (TPSA) is 42.4 Å². The van der Waals surface area contributed by atoms with Crippen molar-refractivity contribution in [3.8, 4) is 0 Å². The molecular formula is C26H27Br2ClN2O2. The molecule has 3 fully saturated rings. The van der Waals surface area contributed by atoms with Crippen LogP contribution in [0, 0.1) is 17.8 Å². The van der Waals surface area contributed by atoms with E-state index in [1.165, 1.54) is 22.4 Å². The summed E-state index contributed by atoms with van der Waals surface area (Å²) in [5.41, 5.74) is 5.14. The summed E-state index contributed by atoms with van der Waals surface area (Å²) < 4.78 is 7.94. The van der Waals surface area contributed by atoms with E-state index >= 15 is 0 Å². The number of piperidine rings is 1. The Morgan fingerprint density at radius 2 is 1.88 bits per heavy atom. The molecule has 4 aliphatic rings.